The Kier molecular flexibility index (Phi) is 9.00. The van der Waals surface area contributed by atoms with Gasteiger partial charge in [0.1, 0.15) is 0 Å². The molecule has 0 aromatic heterocycles. The van der Waals surface area contributed by atoms with E-state index in [1.54, 1.807) is 0 Å². The molecule has 0 N–H and O–H groups in total. The lowest BCUT2D eigenvalue weighted by atomic mass is 9.73. The van der Waals surface area contributed by atoms with Crippen LogP contribution in [0.15, 0.2) is 0 Å². The summed E-state index contributed by atoms with van der Waals surface area (Å²) in [6, 6.07) is 0. The minimum Gasteiger partial charge on any atom is -0.0654 e. The lowest BCUT2D eigenvalue weighted by Crippen LogP contribution is -2.22. The second kappa shape index (κ2) is 9.00. The highest BCUT2D eigenvalue weighted by Gasteiger charge is 2.25. The van der Waals surface area contributed by atoms with E-state index in [0.29, 0.717) is 5.41 Å². The van der Waals surface area contributed by atoms with Crippen LogP contribution in [0.25, 0.3) is 0 Å². The Balaban J connectivity index is 3.95. The summed E-state index contributed by atoms with van der Waals surface area (Å²) >= 11 is 0. The zero-order chi connectivity index (χ0) is 13.3. The lowest BCUT2D eigenvalue weighted by Gasteiger charge is -2.32. The number of unbranched alkanes of at least 4 members (excludes halogenated alkanes) is 2. The van der Waals surface area contributed by atoms with Crippen molar-refractivity contribution < 1.29 is 0 Å². The van der Waals surface area contributed by atoms with Gasteiger partial charge in [-0.3, -0.25) is 0 Å². The average Bonchev–Trinajstić information content (AvgIpc) is 2.32. The van der Waals surface area contributed by atoms with Crippen molar-refractivity contribution in [1.82, 2.24) is 0 Å². The van der Waals surface area contributed by atoms with E-state index in [9.17, 15) is 0 Å². The van der Waals surface area contributed by atoms with Crippen molar-refractivity contribution >= 4 is 0 Å². The molecule has 2 atom stereocenters. The zero-order valence-electron chi connectivity index (χ0n) is 13.3. The third-order valence-corrected chi connectivity index (χ3v) is 4.94. The largest absolute Gasteiger partial charge is 0.0654 e. The highest BCUT2D eigenvalue weighted by atomic mass is 14.3. The lowest BCUT2D eigenvalue weighted by molar-refractivity contribution is 0.184. The highest BCUT2D eigenvalue weighted by molar-refractivity contribution is 4.75. The van der Waals surface area contributed by atoms with Crippen molar-refractivity contribution in [1.29, 1.82) is 0 Å². The molecule has 0 saturated carbocycles. The Morgan fingerprint density at radius 1 is 0.882 bits per heavy atom. The summed E-state index contributed by atoms with van der Waals surface area (Å²) in [7, 11) is 0. The van der Waals surface area contributed by atoms with Gasteiger partial charge in [0, 0.05) is 0 Å². The SMILES string of the molecule is CCCCCC(CC)CCC(C)(C)C(C)CC. The van der Waals surface area contributed by atoms with E-state index in [1.165, 1.54) is 51.4 Å². The summed E-state index contributed by atoms with van der Waals surface area (Å²) in [5, 5.41) is 0. The highest BCUT2D eigenvalue weighted by Crippen LogP contribution is 2.36. The molecule has 0 saturated heterocycles. The zero-order valence-corrected chi connectivity index (χ0v) is 13.3. The molecule has 0 heteroatoms. The third-order valence-electron chi connectivity index (χ3n) is 4.94. The molecule has 0 aromatic rings. The summed E-state index contributed by atoms with van der Waals surface area (Å²) in [6.07, 6.45) is 11.2. The van der Waals surface area contributed by atoms with Crippen LogP contribution in [-0.2, 0) is 0 Å². The first-order valence-electron chi connectivity index (χ1n) is 7.97. The maximum Gasteiger partial charge on any atom is -0.0329 e. The van der Waals surface area contributed by atoms with E-state index in [4.69, 9.17) is 0 Å². The fraction of sp³-hybridized carbons (Fsp3) is 1.00. The van der Waals surface area contributed by atoms with Crippen LogP contribution in [0.4, 0.5) is 0 Å². The summed E-state index contributed by atoms with van der Waals surface area (Å²) < 4.78 is 0. The van der Waals surface area contributed by atoms with Crippen LogP contribution in [0.2, 0.25) is 0 Å². The molecule has 0 amide bonds. The first kappa shape index (κ1) is 17.0. The van der Waals surface area contributed by atoms with Gasteiger partial charge in [0.05, 0.1) is 0 Å². The van der Waals surface area contributed by atoms with Gasteiger partial charge < -0.3 is 0 Å². The second-order valence-corrected chi connectivity index (χ2v) is 6.61. The van der Waals surface area contributed by atoms with E-state index < -0.39 is 0 Å². The quantitative estimate of drug-likeness (QED) is 0.385. The van der Waals surface area contributed by atoms with Gasteiger partial charge in [-0.05, 0) is 30.1 Å². The molecule has 0 aromatic carbocycles. The van der Waals surface area contributed by atoms with Crippen LogP contribution in [0.5, 0.6) is 0 Å². The molecule has 0 nitrogen and oxygen atoms in total. The molecule has 0 bridgehead atoms. The predicted molar refractivity (Wildman–Crippen MR) is 80.4 cm³/mol. The normalized spacial score (nSPS) is 15.9. The van der Waals surface area contributed by atoms with Crippen molar-refractivity contribution in [2.75, 3.05) is 0 Å². The Labute approximate surface area is 111 Å². The van der Waals surface area contributed by atoms with Crippen LogP contribution in [-0.4, -0.2) is 0 Å². The van der Waals surface area contributed by atoms with Crippen LogP contribution in [0, 0.1) is 17.3 Å². The van der Waals surface area contributed by atoms with Gasteiger partial charge in [-0.15, -0.1) is 0 Å². The minimum absolute atomic E-state index is 0.535. The Morgan fingerprint density at radius 2 is 1.53 bits per heavy atom. The average molecular weight is 240 g/mol. The summed E-state index contributed by atoms with van der Waals surface area (Å²) in [4.78, 5) is 0. The van der Waals surface area contributed by atoms with Crippen molar-refractivity contribution in [3.05, 3.63) is 0 Å². The van der Waals surface area contributed by atoms with E-state index >= 15 is 0 Å². The molecule has 2 unspecified atom stereocenters. The van der Waals surface area contributed by atoms with Gasteiger partial charge >= 0.3 is 0 Å². The third kappa shape index (κ3) is 7.11. The molecule has 0 fully saturated rings. The van der Waals surface area contributed by atoms with Crippen molar-refractivity contribution in [3.63, 3.8) is 0 Å². The monoisotopic (exact) mass is 240 g/mol. The summed E-state index contributed by atoms with van der Waals surface area (Å²) in [6.45, 7) is 14.3. The van der Waals surface area contributed by atoms with Crippen LogP contribution >= 0.6 is 0 Å². The molecule has 0 heterocycles. The number of rotatable bonds is 10. The van der Waals surface area contributed by atoms with Gasteiger partial charge in [0.25, 0.3) is 0 Å². The topological polar surface area (TPSA) is 0 Å². The number of hydrogen-bond donors (Lipinski definition) is 0. The Morgan fingerprint density at radius 3 is 2.00 bits per heavy atom. The van der Waals surface area contributed by atoms with Crippen molar-refractivity contribution in [3.8, 4) is 0 Å². The molecule has 104 valence electrons. The van der Waals surface area contributed by atoms with Crippen LogP contribution in [0.1, 0.15) is 92.9 Å². The fourth-order valence-corrected chi connectivity index (χ4v) is 2.61. The first-order valence-corrected chi connectivity index (χ1v) is 7.97. The Hall–Kier alpha value is 0. The maximum atomic E-state index is 2.46. The standard InChI is InChI=1S/C17H36/c1-7-10-11-12-16(9-3)13-14-17(5,6)15(4)8-2/h15-16H,7-14H2,1-6H3. The van der Waals surface area contributed by atoms with E-state index in [1.807, 2.05) is 0 Å². The van der Waals surface area contributed by atoms with Gasteiger partial charge in [-0.1, -0.05) is 80.1 Å². The molecule has 0 rings (SSSR count). The first-order chi connectivity index (χ1) is 7.97. The molecular weight excluding hydrogens is 204 g/mol. The molecule has 0 radical (unpaired) electrons. The van der Waals surface area contributed by atoms with E-state index in [0.717, 1.165) is 11.8 Å². The maximum absolute atomic E-state index is 2.46. The van der Waals surface area contributed by atoms with Gasteiger partial charge in [-0.25, -0.2) is 0 Å². The molecule has 0 aliphatic carbocycles. The van der Waals surface area contributed by atoms with Gasteiger partial charge in [0.2, 0.25) is 0 Å². The number of hydrogen-bond acceptors (Lipinski definition) is 0. The summed E-state index contributed by atoms with van der Waals surface area (Å²) in [5.41, 5.74) is 0.535. The smallest absolute Gasteiger partial charge is 0.0329 e. The second-order valence-electron chi connectivity index (χ2n) is 6.61. The van der Waals surface area contributed by atoms with Gasteiger partial charge in [0.15, 0.2) is 0 Å². The fourth-order valence-electron chi connectivity index (χ4n) is 2.61. The molecule has 17 heavy (non-hydrogen) atoms. The van der Waals surface area contributed by atoms with Crippen LogP contribution < -0.4 is 0 Å². The van der Waals surface area contributed by atoms with Crippen molar-refractivity contribution in [2.45, 2.75) is 92.9 Å². The summed E-state index contributed by atoms with van der Waals surface area (Å²) in [5.74, 6) is 1.83. The van der Waals surface area contributed by atoms with E-state index in [-0.39, 0.29) is 0 Å². The Bertz CT molecular complexity index is 169. The molecule has 0 aliphatic heterocycles. The molecular formula is C17H36. The molecule has 0 spiro atoms. The predicted octanol–water partition coefficient (Wildman–Crippen LogP) is 6.45. The van der Waals surface area contributed by atoms with Crippen LogP contribution in [0.3, 0.4) is 0 Å². The van der Waals surface area contributed by atoms with E-state index in [2.05, 4.69) is 41.5 Å². The van der Waals surface area contributed by atoms with Crippen molar-refractivity contribution in [2.24, 2.45) is 17.3 Å². The minimum atomic E-state index is 0.535. The molecule has 0 aliphatic rings. The van der Waals surface area contributed by atoms with Gasteiger partial charge in [-0.2, -0.15) is 0 Å².